The minimum atomic E-state index is 0.143. The van der Waals surface area contributed by atoms with Gasteiger partial charge in [0.05, 0.1) is 0 Å². The molecular formula is C16H23IN2O. The van der Waals surface area contributed by atoms with Crippen molar-refractivity contribution in [2.75, 3.05) is 20.1 Å². The average Bonchev–Trinajstić information content (AvgIpc) is 2.46. The Hall–Kier alpha value is -0.620. The molecule has 1 aliphatic heterocycles. The maximum atomic E-state index is 12.5. The standard InChI is InChI=1S/C16H23IN2O/c1-12(2)19-10-8-15(9-11-19)18(3)16(20)13-4-6-14(17)7-5-13/h4-7,12,15H,8-11H2,1-3H3. The van der Waals surface area contributed by atoms with Crippen LogP contribution >= 0.6 is 22.6 Å². The first kappa shape index (κ1) is 15.8. The lowest BCUT2D eigenvalue weighted by Crippen LogP contribution is -2.47. The van der Waals surface area contributed by atoms with Crippen molar-refractivity contribution in [2.24, 2.45) is 0 Å². The van der Waals surface area contributed by atoms with Gasteiger partial charge in [-0.25, -0.2) is 0 Å². The van der Waals surface area contributed by atoms with E-state index in [1.807, 2.05) is 36.2 Å². The molecule has 1 amide bonds. The van der Waals surface area contributed by atoms with Crippen LogP contribution in [0.2, 0.25) is 0 Å². The molecule has 1 aliphatic rings. The Bertz CT molecular complexity index is 450. The number of likely N-dealkylation sites (tertiary alicyclic amines) is 1. The van der Waals surface area contributed by atoms with Gasteiger partial charge in [-0.1, -0.05) is 0 Å². The maximum absolute atomic E-state index is 12.5. The number of hydrogen-bond acceptors (Lipinski definition) is 2. The highest BCUT2D eigenvalue weighted by molar-refractivity contribution is 14.1. The zero-order valence-electron chi connectivity index (χ0n) is 12.5. The van der Waals surface area contributed by atoms with Crippen LogP contribution in [0.3, 0.4) is 0 Å². The Morgan fingerprint density at radius 3 is 2.30 bits per heavy atom. The third-order valence-corrected chi connectivity index (χ3v) is 4.91. The molecule has 0 bridgehead atoms. The van der Waals surface area contributed by atoms with Crippen LogP contribution in [-0.4, -0.2) is 47.9 Å². The van der Waals surface area contributed by atoms with Crippen LogP contribution in [0.15, 0.2) is 24.3 Å². The smallest absolute Gasteiger partial charge is 0.253 e. The van der Waals surface area contributed by atoms with Gasteiger partial charge < -0.3 is 9.80 Å². The van der Waals surface area contributed by atoms with Crippen LogP contribution in [0.5, 0.6) is 0 Å². The zero-order valence-corrected chi connectivity index (χ0v) is 14.6. The van der Waals surface area contributed by atoms with Gasteiger partial charge >= 0.3 is 0 Å². The molecule has 0 atom stereocenters. The molecule has 2 rings (SSSR count). The molecule has 20 heavy (non-hydrogen) atoms. The van der Waals surface area contributed by atoms with Crippen molar-refractivity contribution in [1.82, 2.24) is 9.80 Å². The van der Waals surface area contributed by atoms with E-state index < -0.39 is 0 Å². The molecule has 0 N–H and O–H groups in total. The van der Waals surface area contributed by atoms with E-state index in [4.69, 9.17) is 0 Å². The third-order valence-electron chi connectivity index (χ3n) is 4.19. The van der Waals surface area contributed by atoms with Crippen molar-refractivity contribution in [3.8, 4) is 0 Å². The maximum Gasteiger partial charge on any atom is 0.253 e. The molecule has 1 aromatic carbocycles. The Morgan fingerprint density at radius 1 is 1.25 bits per heavy atom. The normalized spacial score (nSPS) is 17.4. The summed E-state index contributed by atoms with van der Waals surface area (Å²) in [5.74, 6) is 0.143. The fraction of sp³-hybridized carbons (Fsp3) is 0.562. The summed E-state index contributed by atoms with van der Waals surface area (Å²) in [6.45, 7) is 6.65. The highest BCUT2D eigenvalue weighted by Gasteiger charge is 2.26. The van der Waals surface area contributed by atoms with Gasteiger partial charge in [-0.2, -0.15) is 0 Å². The number of piperidine rings is 1. The Morgan fingerprint density at radius 2 is 1.80 bits per heavy atom. The van der Waals surface area contributed by atoms with Gasteiger partial charge in [0, 0.05) is 41.4 Å². The van der Waals surface area contributed by atoms with Gasteiger partial charge in [-0.05, 0) is 73.5 Å². The highest BCUT2D eigenvalue weighted by Crippen LogP contribution is 2.19. The molecule has 0 saturated carbocycles. The van der Waals surface area contributed by atoms with Gasteiger partial charge in [-0.3, -0.25) is 4.79 Å². The van der Waals surface area contributed by atoms with E-state index >= 15 is 0 Å². The van der Waals surface area contributed by atoms with E-state index in [0.29, 0.717) is 12.1 Å². The van der Waals surface area contributed by atoms with Crippen LogP contribution in [0.4, 0.5) is 0 Å². The second-order valence-corrected chi connectivity index (χ2v) is 7.03. The van der Waals surface area contributed by atoms with Crippen LogP contribution in [0.25, 0.3) is 0 Å². The lowest BCUT2D eigenvalue weighted by molar-refractivity contribution is 0.0615. The van der Waals surface area contributed by atoms with Crippen LogP contribution in [-0.2, 0) is 0 Å². The SMILES string of the molecule is CC(C)N1CCC(N(C)C(=O)c2ccc(I)cc2)CC1. The largest absolute Gasteiger partial charge is 0.339 e. The number of carbonyl (C=O) groups excluding carboxylic acids is 1. The summed E-state index contributed by atoms with van der Waals surface area (Å²) in [5.41, 5.74) is 0.791. The summed E-state index contributed by atoms with van der Waals surface area (Å²) in [6.07, 6.45) is 2.15. The van der Waals surface area contributed by atoms with Crippen molar-refractivity contribution < 1.29 is 4.79 Å². The van der Waals surface area contributed by atoms with Crippen molar-refractivity contribution in [3.05, 3.63) is 33.4 Å². The summed E-state index contributed by atoms with van der Waals surface area (Å²) in [4.78, 5) is 16.9. The number of nitrogens with zero attached hydrogens (tertiary/aromatic N) is 2. The minimum Gasteiger partial charge on any atom is -0.339 e. The zero-order chi connectivity index (χ0) is 14.7. The number of halogens is 1. The molecular weight excluding hydrogens is 363 g/mol. The molecule has 1 fully saturated rings. The van der Waals surface area contributed by atoms with Gasteiger partial charge in [0.2, 0.25) is 0 Å². The molecule has 0 aromatic heterocycles. The van der Waals surface area contributed by atoms with E-state index in [0.717, 1.165) is 35.1 Å². The van der Waals surface area contributed by atoms with Crippen molar-refractivity contribution in [3.63, 3.8) is 0 Å². The number of benzene rings is 1. The van der Waals surface area contributed by atoms with E-state index in [2.05, 4.69) is 41.3 Å². The van der Waals surface area contributed by atoms with Crippen molar-refractivity contribution in [1.29, 1.82) is 0 Å². The first-order valence-electron chi connectivity index (χ1n) is 7.26. The molecule has 1 heterocycles. The van der Waals surface area contributed by atoms with Crippen LogP contribution in [0, 0.1) is 3.57 Å². The van der Waals surface area contributed by atoms with Crippen molar-refractivity contribution >= 4 is 28.5 Å². The molecule has 1 saturated heterocycles. The van der Waals surface area contributed by atoms with E-state index in [1.54, 1.807) is 0 Å². The molecule has 3 nitrogen and oxygen atoms in total. The molecule has 0 radical (unpaired) electrons. The predicted molar refractivity (Wildman–Crippen MR) is 91.0 cm³/mol. The molecule has 110 valence electrons. The quantitative estimate of drug-likeness (QED) is 0.745. The number of rotatable bonds is 3. The molecule has 0 spiro atoms. The fourth-order valence-electron chi connectivity index (χ4n) is 2.75. The monoisotopic (exact) mass is 386 g/mol. The second-order valence-electron chi connectivity index (χ2n) is 5.78. The first-order valence-corrected chi connectivity index (χ1v) is 8.33. The van der Waals surface area contributed by atoms with Gasteiger partial charge in [0.25, 0.3) is 5.91 Å². The lowest BCUT2D eigenvalue weighted by atomic mass is 10.0. The Balaban J connectivity index is 1.96. The second kappa shape index (κ2) is 6.89. The first-order chi connectivity index (χ1) is 9.49. The minimum absolute atomic E-state index is 0.143. The molecule has 4 heteroatoms. The highest BCUT2D eigenvalue weighted by atomic mass is 127. The van der Waals surface area contributed by atoms with E-state index in [-0.39, 0.29) is 5.91 Å². The summed E-state index contributed by atoms with van der Waals surface area (Å²) < 4.78 is 1.16. The number of carbonyl (C=O) groups is 1. The van der Waals surface area contributed by atoms with Crippen LogP contribution in [0.1, 0.15) is 37.0 Å². The summed E-state index contributed by atoms with van der Waals surface area (Å²) in [6, 6.07) is 8.80. The van der Waals surface area contributed by atoms with E-state index in [1.165, 1.54) is 0 Å². The molecule has 0 aliphatic carbocycles. The van der Waals surface area contributed by atoms with Gasteiger partial charge in [0.15, 0.2) is 0 Å². The van der Waals surface area contributed by atoms with E-state index in [9.17, 15) is 4.79 Å². The fourth-order valence-corrected chi connectivity index (χ4v) is 3.11. The van der Waals surface area contributed by atoms with Crippen molar-refractivity contribution in [2.45, 2.75) is 38.8 Å². The summed E-state index contributed by atoms with van der Waals surface area (Å²) >= 11 is 2.26. The third kappa shape index (κ3) is 3.73. The number of hydrogen-bond donors (Lipinski definition) is 0. The molecule has 0 unspecified atom stereocenters. The number of amides is 1. The summed E-state index contributed by atoms with van der Waals surface area (Å²) in [5, 5.41) is 0. The van der Waals surface area contributed by atoms with Gasteiger partial charge in [0.1, 0.15) is 0 Å². The Labute approximate surface area is 135 Å². The average molecular weight is 386 g/mol. The van der Waals surface area contributed by atoms with Crippen LogP contribution < -0.4 is 0 Å². The predicted octanol–water partition coefficient (Wildman–Crippen LogP) is 3.24. The van der Waals surface area contributed by atoms with Gasteiger partial charge in [-0.15, -0.1) is 0 Å². The summed E-state index contributed by atoms with van der Waals surface area (Å²) in [7, 11) is 1.94. The lowest BCUT2D eigenvalue weighted by Gasteiger charge is -2.38. The topological polar surface area (TPSA) is 23.6 Å². The molecule has 1 aromatic rings. The Kier molecular flexibility index (Phi) is 5.43.